The van der Waals surface area contributed by atoms with Gasteiger partial charge in [-0.2, -0.15) is 0 Å². The molecule has 0 aromatic carbocycles. The third kappa shape index (κ3) is 0.727. The lowest BCUT2D eigenvalue weighted by atomic mass is 10.3. The molecule has 10 heavy (non-hydrogen) atoms. The van der Waals surface area contributed by atoms with Crippen molar-refractivity contribution in [2.24, 2.45) is 4.99 Å². The highest BCUT2D eigenvalue weighted by atomic mass is 15.1. The Morgan fingerprint density at radius 3 is 3.30 bits per heavy atom. The minimum absolute atomic E-state index is 0.928. The summed E-state index contributed by atoms with van der Waals surface area (Å²) < 4.78 is 2.13. The number of hydrogen-bond donors (Lipinski definition) is 0. The molecule has 2 nitrogen and oxygen atoms in total. The van der Waals surface area contributed by atoms with Crippen molar-refractivity contribution in [2.45, 2.75) is 13.5 Å². The van der Waals surface area contributed by atoms with Gasteiger partial charge in [-0.05, 0) is 18.6 Å². The number of rotatable bonds is 0. The molecule has 0 radical (unpaired) electrons. The van der Waals surface area contributed by atoms with Crippen LogP contribution in [-0.2, 0) is 6.54 Å². The molecular weight excluding hydrogens is 124 g/mol. The second-order valence-electron chi connectivity index (χ2n) is 2.53. The summed E-state index contributed by atoms with van der Waals surface area (Å²) in [6.07, 6.45) is 4.04. The standard InChI is InChI=1S/C8H9N2/c1-7-2-3-8-9-4-5-10(8)6-7/h2-4,6H,5H2,1H3/q+1. The molecule has 0 amide bonds. The van der Waals surface area contributed by atoms with E-state index >= 15 is 0 Å². The molecule has 0 aliphatic carbocycles. The summed E-state index contributed by atoms with van der Waals surface area (Å²) in [5, 5.41) is 0. The fraction of sp³-hybridized carbons (Fsp3) is 0.250. The molecule has 1 aliphatic rings. The third-order valence-corrected chi connectivity index (χ3v) is 1.65. The number of fused-ring (bicyclic) bond motifs is 1. The van der Waals surface area contributed by atoms with Gasteiger partial charge in [0, 0.05) is 6.07 Å². The van der Waals surface area contributed by atoms with Crippen LogP contribution in [0.25, 0.3) is 0 Å². The van der Waals surface area contributed by atoms with Crippen LogP contribution in [0.15, 0.2) is 23.3 Å². The Balaban J connectivity index is 2.59. The first-order valence-corrected chi connectivity index (χ1v) is 3.39. The summed E-state index contributed by atoms with van der Waals surface area (Å²) in [6.45, 7) is 3.02. The highest BCUT2D eigenvalue weighted by molar-refractivity contribution is 5.61. The average molecular weight is 133 g/mol. The van der Waals surface area contributed by atoms with E-state index in [2.05, 4.69) is 28.7 Å². The SMILES string of the molecule is Cc1ccc2[n+](c1)CC=N2. The monoisotopic (exact) mass is 133 g/mol. The van der Waals surface area contributed by atoms with Gasteiger partial charge in [0.25, 0.3) is 0 Å². The predicted octanol–water partition coefficient (Wildman–Crippen LogP) is 0.998. The van der Waals surface area contributed by atoms with Crippen LogP contribution in [0.3, 0.4) is 0 Å². The summed E-state index contributed by atoms with van der Waals surface area (Å²) in [7, 11) is 0. The lowest BCUT2D eigenvalue weighted by Crippen LogP contribution is -2.30. The number of aryl methyl sites for hydroxylation is 1. The summed E-state index contributed by atoms with van der Waals surface area (Å²) in [5.74, 6) is 1.06. The summed E-state index contributed by atoms with van der Waals surface area (Å²) in [5.41, 5.74) is 1.29. The van der Waals surface area contributed by atoms with Crippen molar-refractivity contribution in [1.29, 1.82) is 0 Å². The Bertz CT molecular complexity index is 289. The summed E-state index contributed by atoms with van der Waals surface area (Å²) in [6, 6.07) is 4.12. The molecule has 0 N–H and O–H groups in total. The van der Waals surface area contributed by atoms with E-state index in [1.807, 2.05) is 12.3 Å². The number of aliphatic imine (C=N–C) groups is 1. The Morgan fingerprint density at radius 1 is 1.50 bits per heavy atom. The fourth-order valence-electron chi connectivity index (χ4n) is 1.14. The summed E-state index contributed by atoms with van der Waals surface area (Å²) >= 11 is 0. The van der Waals surface area contributed by atoms with E-state index in [0.29, 0.717) is 0 Å². The highest BCUT2D eigenvalue weighted by Crippen LogP contribution is 2.08. The van der Waals surface area contributed by atoms with Crippen molar-refractivity contribution in [3.8, 4) is 0 Å². The Hall–Kier alpha value is -1.18. The van der Waals surface area contributed by atoms with E-state index in [1.54, 1.807) is 0 Å². The maximum absolute atomic E-state index is 4.18. The maximum Gasteiger partial charge on any atom is 0.323 e. The number of aromatic nitrogens is 1. The van der Waals surface area contributed by atoms with Gasteiger partial charge < -0.3 is 0 Å². The molecule has 0 fully saturated rings. The summed E-state index contributed by atoms with van der Waals surface area (Å²) in [4.78, 5) is 4.18. The topological polar surface area (TPSA) is 16.2 Å². The van der Waals surface area contributed by atoms with Gasteiger partial charge in [-0.3, -0.25) is 0 Å². The first-order chi connectivity index (χ1) is 4.86. The van der Waals surface area contributed by atoms with Crippen molar-refractivity contribution in [2.75, 3.05) is 0 Å². The van der Waals surface area contributed by atoms with E-state index < -0.39 is 0 Å². The van der Waals surface area contributed by atoms with Gasteiger partial charge in [-0.15, -0.1) is 0 Å². The molecule has 0 spiro atoms. The first-order valence-electron chi connectivity index (χ1n) is 3.39. The van der Waals surface area contributed by atoms with Crippen molar-refractivity contribution in [1.82, 2.24) is 0 Å². The molecule has 0 unspecified atom stereocenters. The lowest BCUT2D eigenvalue weighted by molar-refractivity contribution is -0.663. The largest absolute Gasteiger partial charge is 0.323 e. The highest BCUT2D eigenvalue weighted by Gasteiger charge is 2.12. The van der Waals surface area contributed by atoms with Crippen LogP contribution in [0.1, 0.15) is 5.56 Å². The van der Waals surface area contributed by atoms with Crippen LogP contribution in [-0.4, -0.2) is 6.21 Å². The number of pyridine rings is 1. The van der Waals surface area contributed by atoms with Crippen molar-refractivity contribution in [3.63, 3.8) is 0 Å². The van der Waals surface area contributed by atoms with Gasteiger partial charge in [0.15, 0.2) is 6.21 Å². The molecule has 2 heterocycles. The van der Waals surface area contributed by atoms with Crippen LogP contribution in [0.5, 0.6) is 0 Å². The van der Waals surface area contributed by atoms with E-state index in [0.717, 1.165) is 12.4 Å². The zero-order valence-electron chi connectivity index (χ0n) is 5.91. The van der Waals surface area contributed by atoms with Gasteiger partial charge >= 0.3 is 5.82 Å². The molecule has 50 valence electrons. The van der Waals surface area contributed by atoms with Gasteiger partial charge in [-0.25, -0.2) is 4.57 Å². The average Bonchev–Trinajstić information content (AvgIpc) is 2.33. The van der Waals surface area contributed by atoms with Gasteiger partial charge in [-0.1, -0.05) is 4.99 Å². The molecule has 2 heteroatoms. The normalized spacial score (nSPS) is 13.7. The second-order valence-corrected chi connectivity index (χ2v) is 2.53. The Labute approximate surface area is 59.8 Å². The van der Waals surface area contributed by atoms with Crippen molar-refractivity contribution < 1.29 is 4.57 Å². The van der Waals surface area contributed by atoms with E-state index in [9.17, 15) is 0 Å². The Morgan fingerprint density at radius 2 is 2.40 bits per heavy atom. The molecule has 0 saturated carbocycles. The van der Waals surface area contributed by atoms with Crippen LogP contribution in [0.4, 0.5) is 5.82 Å². The number of hydrogen-bond acceptors (Lipinski definition) is 1. The predicted molar refractivity (Wildman–Crippen MR) is 39.5 cm³/mol. The Kier molecular flexibility index (Phi) is 1.07. The first kappa shape index (κ1) is 5.59. The van der Waals surface area contributed by atoms with Crippen molar-refractivity contribution in [3.05, 3.63) is 23.9 Å². The van der Waals surface area contributed by atoms with Crippen molar-refractivity contribution >= 4 is 12.0 Å². The van der Waals surface area contributed by atoms with Gasteiger partial charge in [0.05, 0.1) is 6.20 Å². The van der Waals surface area contributed by atoms with E-state index in [-0.39, 0.29) is 0 Å². The molecule has 1 aliphatic heterocycles. The minimum atomic E-state index is 0.928. The molecule has 1 aromatic heterocycles. The van der Waals surface area contributed by atoms with Crippen LogP contribution < -0.4 is 4.57 Å². The zero-order chi connectivity index (χ0) is 6.97. The smallest absolute Gasteiger partial charge is 0.223 e. The van der Waals surface area contributed by atoms with Gasteiger partial charge in [0.2, 0.25) is 0 Å². The van der Waals surface area contributed by atoms with E-state index in [1.165, 1.54) is 5.56 Å². The molecule has 1 aromatic rings. The third-order valence-electron chi connectivity index (χ3n) is 1.65. The quantitative estimate of drug-likeness (QED) is 0.469. The van der Waals surface area contributed by atoms with Crippen LogP contribution >= 0.6 is 0 Å². The molecule has 0 saturated heterocycles. The van der Waals surface area contributed by atoms with Crippen LogP contribution in [0.2, 0.25) is 0 Å². The van der Waals surface area contributed by atoms with Crippen LogP contribution in [0, 0.1) is 6.92 Å². The molecular formula is C8H9N2+. The minimum Gasteiger partial charge on any atom is -0.223 e. The number of nitrogens with zero attached hydrogens (tertiary/aromatic N) is 2. The zero-order valence-corrected chi connectivity index (χ0v) is 5.91. The molecule has 0 bridgehead atoms. The molecule has 2 rings (SSSR count). The second kappa shape index (κ2) is 1.90. The van der Waals surface area contributed by atoms with Gasteiger partial charge in [0.1, 0.15) is 6.54 Å². The van der Waals surface area contributed by atoms with E-state index in [4.69, 9.17) is 0 Å². The lowest BCUT2D eigenvalue weighted by Gasteiger charge is -1.92. The maximum atomic E-state index is 4.18. The fourth-order valence-corrected chi connectivity index (χ4v) is 1.14. The molecule has 0 atom stereocenters.